The predicted octanol–water partition coefficient (Wildman–Crippen LogP) is 4.14. The van der Waals surface area contributed by atoms with Gasteiger partial charge in [0.15, 0.2) is 11.4 Å². The molecule has 0 fully saturated rings. The van der Waals surface area contributed by atoms with Crippen molar-refractivity contribution < 1.29 is 20.1 Å². The molecular weight excluding hydrogens is 304 g/mol. The summed E-state index contributed by atoms with van der Waals surface area (Å²) in [5, 5.41) is 27.5. The van der Waals surface area contributed by atoms with E-state index in [4.69, 9.17) is 10.2 Å². The molecule has 0 aliphatic heterocycles. The van der Waals surface area contributed by atoms with Crippen molar-refractivity contribution in [2.45, 2.75) is 109 Å². The van der Waals surface area contributed by atoms with Gasteiger partial charge in [-0.15, -0.1) is 0 Å². The Morgan fingerprint density at radius 1 is 0.667 bits per heavy atom. The fourth-order valence-electron chi connectivity index (χ4n) is 2.94. The molecule has 0 saturated heterocycles. The highest BCUT2D eigenvalue weighted by Crippen LogP contribution is 2.15. The van der Waals surface area contributed by atoms with Crippen LogP contribution < -0.4 is 0 Å². The lowest BCUT2D eigenvalue weighted by molar-refractivity contribution is -0.146. The summed E-state index contributed by atoms with van der Waals surface area (Å²) in [4.78, 5) is 11.7. The van der Waals surface area contributed by atoms with Gasteiger partial charge in [-0.25, -0.2) is 0 Å². The lowest BCUT2D eigenvalue weighted by atomic mass is 9.95. The molecule has 4 heteroatoms. The zero-order chi connectivity index (χ0) is 18.1. The number of aliphatic hydroxyl groups excluding tert-OH is 2. The monoisotopic (exact) mass is 344 g/mol. The van der Waals surface area contributed by atoms with Crippen LogP contribution in [0.2, 0.25) is 0 Å². The van der Waals surface area contributed by atoms with Gasteiger partial charge in [0.25, 0.3) is 0 Å². The van der Waals surface area contributed by atoms with E-state index in [-0.39, 0.29) is 6.42 Å². The summed E-state index contributed by atoms with van der Waals surface area (Å²) in [6.07, 6.45) is 17.8. The molecule has 3 N–H and O–H groups in total. The first-order valence-electron chi connectivity index (χ1n) is 10.1. The van der Waals surface area contributed by atoms with Crippen molar-refractivity contribution in [2.75, 3.05) is 13.2 Å². The number of ketones is 1. The molecule has 0 aromatic heterocycles. The van der Waals surface area contributed by atoms with E-state index >= 15 is 0 Å². The van der Waals surface area contributed by atoms with Crippen LogP contribution in [-0.4, -0.2) is 39.9 Å². The second-order valence-electron chi connectivity index (χ2n) is 7.12. The molecule has 0 heterocycles. The molecule has 0 rings (SSSR count). The Morgan fingerprint density at radius 2 is 1.00 bits per heavy atom. The summed E-state index contributed by atoms with van der Waals surface area (Å²) < 4.78 is 0. The molecule has 0 aromatic rings. The quantitative estimate of drug-likeness (QED) is 0.327. The summed E-state index contributed by atoms with van der Waals surface area (Å²) in [6, 6.07) is 0. The number of hydrogen-bond acceptors (Lipinski definition) is 4. The molecule has 0 aliphatic carbocycles. The Balaban J connectivity index is 3.30. The highest BCUT2D eigenvalue weighted by atomic mass is 16.4. The first kappa shape index (κ1) is 23.5. The van der Waals surface area contributed by atoms with E-state index in [1.54, 1.807) is 0 Å². The SMILES string of the molecule is CCCCCCCCCCCCCCCCC(=O)C(O)(CO)CO. The maximum atomic E-state index is 11.7. The van der Waals surface area contributed by atoms with Gasteiger partial charge in [0, 0.05) is 6.42 Å². The average Bonchev–Trinajstić information content (AvgIpc) is 2.61. The molecule has 0 atom stereocenters. The summed E-state index contributed by atoms with van der Waals surface area (Å²) in [6.45, 7) is 0.837. The van der Waals surface area contributed by atoms with Gasteiger partial charge in [-0.3, -0.25) is 4.79 Å². The molecule has 4 nitrogen and oxygen atoms in total. The maximum absolute atomic E-state index is 11.7. The van der Waals surface area contributed by atoms with E-state index in [0.717, 1.165) is 19.3 Å². The fraction of sp³-hybridized carbons (Fsp3) is 0.950. The Kier molecular flexibility index (Phi) is 15.7. The molecule has 0 radical (unpaired) electrons. The van der Waals surface area contributed by atoms with Crippen LogP contribution in [0, 0.1) is 0 Å². The fourth-order valence-corrected chi connectivity index (χ4v) is 2.94. The van der Waals surface area contributed by atoms with Crippen molar-refractivity contribution in [1.82, 2.24) is 0 Å². The van der Waals surface area contributed by atoms with E-state index in [2.05, 4.69) is 6.92 Å². The van der Waals surface area contributed by atoms with Crippen LogP contribution in [0.5, 0.6) is 0 Å². The molecule has 0 bridgehead atoms. The molecular formula is C20H40O4. The van der Waals surface area contributed by atoms with E-state index < -0.39 is 24.6 Å². The van der Waals surface area contributed by atoms with Gasteiger partial charge in [-0.1, -0.05) is 90.4 Å². The van der Waals surface area contributed by atoms with Gasteiger partial charge in [0.05, 0.1) is 13.2 Å². The Morgan fingerprint density at radius 3 is 1.33 bits per heavy atom. The minimum Gasteiger partial charge on any atom is -0.393 e. The number of rotatable bonds is 18. The van der Waals surface area contributed by atoms with E-state index in [1.807, 2.05) is 0 Å². The van der Waals surface area contributed by atoms with Gasteiger partial charge >= 0.3 is 0 Å². The van der Waals surface area contributed by atoms with Gasteiger partial charge in [-0.05, 0) is 6.42 Å². The Hall–Kier alpha value is -0.450. The van der Waals surface area contributed by atoms with Crippen molar-refractivity contribution in [3.05, 3.63) is 0 Å². The molecule has 0 spiro atoms. The zero-order valence-corrected chi connectivity index (χ0v) is 15.8. The van der Waals surface area contributed by atoms with Crippen LogP contribution in [0.3, 0.4) is 0 Å². The molecule has 0 unspecified atom stereocenters. The van der Waals surface area contributed by atoms with Crippen molar-refractivity contribution in [1.29, 1.82) is 0 Å². The van der Waals surface area contributed by atoms with Gasteiger partial charge < -0.3 is 15.3 Å². The van der Waals surface area contributed by atoms with Gasteiger partial charge in [-0.2, -0.15) is 0 Å². The van der Waals surface area contributed by atoms with Crippen LogP contribution in [-0.2, 0) is 4.79 Å². The minimum absolute atomic E-state index is 0.232. The first-order chi connectivity index (χ1) is 11.6. The number of carbonyl (C=O) groups is 1. The number of carbonyl (C=O) groups excluding carboxylic acids is 1. The van der Waals surface area contributed by atoms with E-state index in [9.17, 15) is 9.90 Å². The molecule has 0 amide bonds. The van der Waals surface area contributed by atoms with Crippen LogP contribution in [0.15, 0.2) is 0 Å². The molecule has 144 valence electrons. The lowest BCUT2D eigenvalue weighted by Gasteiger charge is -2.21. The topological polar surface area (TPSA) is 77.8 Å². The van der Waals surface area contributed by atoms with Crippen molar-refractivity contribution in [3.8, 4) is 0 Å². The third-order valence-corrected chi connectivity index (χ3v) is 4.80. The van der Waals surface area contributed by atoms with Crippen molar-refractivity contribution >= 4 is 5.78 Å². The van der Waals surface area contributed by atoms with Crippen molar-refractivity contribution in [3.63, 3.8) is 0 Å². The maximum Gasteiger partial charge on any atom is 0.169 e. The van der Waals surface area contributed by atoms with Crippen LogP contribution in [0.4, 0.5) is 0 Å². The summed E-state index contributed by atoms with van der Waals surface area (Å²) >= 11 is 0. The van der Waals surface area contributed by atoms with Crippen LogP contribution in [0.1, 0.15) is 103 Å². The first-order valence-corrected chi connectivity index (χ1v) is 10.1. The highest BCUT2D eigenvalue weighted by Gasteiger charge is 2.33. The second-order valence-corrected chi connectivity index (χ2v) is 7.12. The lowest BCUT2D eigenvalue weighted by Crippen LogP contribution is -2.45. The molecule has 0 aromatic carbocycles. The van der Waals surface area contributed by atoms with Gasteiger partial charge in [0.1, 0.15) is 0 Å². The predicted molar refractivity (Wildman–Crippen MR) is 99.1 cm³/mol. The summed E-state index contributed by atoms with van der Waals surface area (Å²) in [5.41, 5.74) is -1.95. The minimum atomic E-state index is -1.95. The zero-order valence-electron chi connectivity index (χ0n) is 15.8. The van der Waals surface area contributed by atoms with Gasteiger partial charge in [0.2, 0.25) is 0 Å². The van der Waals surface area contributed by atoms with E-state index in [1.165, 1.54) is 70.6 Å². The third kappa shape index (κ3) is 12.0. The molecule has 24 heavy (non-hydrogen) atoms. The molecule has 0 aliphatic rings. The average molecular weight is 345 g/mol. The van der Waals surface area contributed by atoms with Crippen LogP contribution >= 0.6 is 0 Å². The normalized spacial score (nSPS) is 11.8. The molecule has 0 saturated carbocycles. The largest absolute Gasteiger partial charge is 0.393 e. The summed E-state index contributed by atoms with van der Waals surface area (Å²) in [7, 11) is 0. The third-order valence-electron chi connectivity index (χ3n) is 4.80. The Bertz CT molecular complexity index is 287. The number of hydrogen-bond donors (Lipinski definition) is 3. The standard InChI is InChI=1S/C20H40O4/c1-2-3-4-5-6-7-8-9-10-11-12-13-14-15-16-19(23)20(24,17-21)18-22/h21-22,24H,2-18H2,1H3. The van der Waals surface area contributed by atoms with Crippen LogP contribution in [0.25, 0.3) is 0 Å². The second kappa shape index (κ2) is 16.0. The Labute approximate surface area is 148 Å². The van der Waals surface area contributed by atoms with E-state index in [0.29, 0.717) is 0 Å². The number of Topliss-reactive ketones (excluding diaryl/α,β-unsaturated/α-hetero) is 1. The smallest absolute Gasteiger partial charge is 0.169 e. The van der Waals surface area contributed by atoms with Crippen molar-refractivity contribution in [2.24, 2.45) is 0 Å². The highest BCUT2D eigenvalue weighted by molar-refractivity contribution is 5.87. The number of aliphatic hydroxyl groups is 3. The number of unbranched alkanes of at least 4 members (excludes halogenated alkanes) is 13. The summed E-state index contributed by atoms with van der Waals surface area (Å²) in [5.74, 6) is -0.452.